The average molecular weight is 252 g/mol. The van der Waals surface area contributed by atoms with Gasteiger partial charge >= 0.3 is 0 Å². The summed E-state index contributed by atoms with van der Waals surface area (Å²) in [5.41, 5.74) is 0.916. The van der Waals surface area contributed by atoms with Gasteiger partial charge in [0.1, 0.15) is 0 Å². The second kappa shape index (κ2) is 7.16. The highest BCUT2D eigenvalue weighted by Crippen LogP contribution is 2.13. The number of anilines is 1. The molecule has 0 saturated heterocycles. The summed E-state index contributed by atoms with van der Waals surface area (Å²) in [4.78, 5) is 10.8. The Bertz CT molecular complexity index is 368. The van der Waals surface area contributed by atoms with E-state index in [1.54, 1.807) is 7.11 Å². The van der Waals surface area contributed by atoms with E-state index >= 15 is 0 Å². The van der Waals surface area contributed by atoms with Gasteiger partial charge in [-0.25, -0.2) is 4.98 Å². The molecule has 0 aliphatic rings. The van der Waals surface area contributed by atoms with Gasteiger partial charge in [0.15, 0.2) is 0 Å². The van der Waals surface area contributed by atoms with Crippen LogP contribution in [0.4, 0.5) is 5.95 Å². The molecule has 0 fully saturated rings. The minimum atomic E-state index is 0.611. The molecule has 0 amide bonds. The van der Waals surface area contributed by atoms with Crippen molar-refractivity contribution in [2.45, 2.75) is 20.8 Å². The number of ether oxygens (including phenoxy) is 1. The van der Waals surface area contributed by atoms with Gasteiger partial charge in [-0.1, -0.05) is 13.8 Å². The van der Waals surface area contributed by atoms with Crippen LogP contribution in [0, 0.1) is 12.8 Å². The lowest BCUT2D eigenvalue weighted by Gasteiger charge is -2.18. The van der Waals surface area contributed by atoms with E-state index in [0.717, 1.165) is 25.3 Å². The van der Waals surface area contributed by atoms with E-state index in [1.165, 1.54) is 0 Å². The number of nitrogens with zero attached hydrogens (tertiary/aromatic N) is 3. The van der Waals surface area contributed by atoms with E-state index in [4.69, 9.17) is 4.74 Å². The van der Waals surface area contributed by atoms with Crippen LogP contribution < -0.4 is 15.0 Å². The zero-order valence-corrected chi connectivity index (χ0v) is 12.0. The number of methoxy groups -OCH3 is 1. The Balaban J connectivity index is 2.50. The van der Waals surface area contributed by atoms with E-state index in [0.29, 0.717) is 17.7 Å². The Morgan fingerprint density at radius 2 is 2.11 bits per heavy atom. The normalized spacial score (nSPS) is 10.8. The molecule has 1 aromatic rings. The summed E-state index contributed by atoms with van der Waals surface area (Å²) in [6.45, 7) is 9.18. The Morgan fingerprint density at radius 3 is 2.72 bits per heavy atom. The van der Waals surface area contributed by atoms with Crippen LogP contribution in [0.2, 0.25) is 0 Å². The summed E-state index contributed by atoms with van der Waals surface area (Å²) in [6.07, 6.45) is 0. The van der Waals surface area contributed by atoms with Gasteiger partial charge in [-0.3, -0.25) is 0 Å². The minimum Gasteiger partial charge on any atom is -0.481 e. The second-order valence-electron chi connectivity index (χ2n) is 4.87. The van der Waals surface area contributed by atoms with Crippen molar-refractivity contribution in [2.75, 3.05) is 38.7 Å². The maximum Gasteiger partial charge on any atom is 0.228 e. The number of likely N-dealkylation sites (N-methyl/N-ethyl adjacent to an activating group) is 1. The number of hydrogen-bond donors (Lipinski definition) is 1. The molecule has 1 rings (SSSR count). The molecule has 0 aromatic carbocycles. The van der Waals surface area contributed by atoms with Crippen molar-refractivity contribution in [2.24, 2.45) is 5.92 Å². The molecule has 1 N–H and O–H groups in total. The lowest BCUT2D eigenvalue weighted by molar-refractivity contribution is 0.396. The molecule has 18 heavy (non-hydrogen) atoms. The van der Waals surface area contributed by atoms with E-state index in [1.807, 2.05) is 24.9 Å². The molecule has 5 heteroatoms. The van der Waals surface area contributed by atoms with Gasteiger partial charge in [0.25, 0.3) is 0 Å². The van der Waals surface area contributed by atoms with Gasteiger partial charge in [-0.2, -0.15) is 4.98 Å². The van der Waals surface area contributed by atoms with Gasteiger partial charge < -0.3 is 15.0 Å². The van der Waals surface area contributed by atoms with Crippen molar-refractivity contribution in [1.29, 1.82) is 0 Å². The molecule has 5 nitrogen and oxygen atoms in total. The average Bonchev–Trinajstić information content (AvgIpc) is 2.33. The monoisotopic (exact) mass is 252 g/mol. The molecule has 0 unspecified atom stereocenters. The van der Waals surface area contributed by atoms with Gasteiger partial charge in [0, 0.05) is 31.9 Å². The lowest BCUT2D eigenvalue weighted by atomic mass is 10.2. The number of aryl methyl sites for hydroxylation is 1. The summed E-state index contributed by atoms with van der Waals surface area (Å²) in [6, 6.07) is 1.83. The third-order valence-corrected chi connectivity index (χ3v) is 2.55. The quantitative estimate of drug-likeness (QED) is 0.745. The van der Waals surface area contributed by atoms with Gasteiger partial charge in [0.2, 0.25) is 11.8 Å². The molecule has 0 aliphatic heterocycles. The molecule has 0 saturated carbocycles. The summed E-state index contributed by atoms with van der Waals surface area (Å²) < 4.78 is 5.15. The lowest BCUT2D eigenvalue weighted by Crippen LogP contribution is -2.32. The first-order valence-electron chi connectivity index (χ1n) is 6.34. The zero-order chi connectivity index (χ0) is 13.5. The van der Waals surface area contributed by atoms with Crippen LogP contribution in [-0.2, 0) is 0 Å². The molecule has 1 aromatic heterocycles. The van der Waals surface area contributed by atoms with E-state index in [9.17, 15) is 0 Å². The fraction of sp³-hybridized carbons (Fsp3) is 0.692. The first-order valence-corrected chi connectivity index (χ1v) is 6.34. The Morgan fingerprint density at radius 1 is 1.39 bits per heavy atom. The topological polar surface area (TPSA) is 50.3 Å². The van der Waals surface area contributed by atoms with E-state index in [2.05, 4.69) is 29.1 Å². The van der Waals surface area contributed by atoms with Crippen LogP contribution >= 0.6 is 0 Å². The molecule has 102 valence electrons. The van der Waals surface area contributed by atoms with Gasteiger partial charge in [-0.05, 0) is 19.4 Å². The highest BCUT2D eigenvalue weighted by molar-refractivity contribution is 5.33. The van der Waals surface area contributed by atoms with Crippen molar-refractivity contribution in [3.05, 3.63) is 11.8 Å². The van der Waals surface area contributed by atoms with Crippen molar-refractivity contribution in [3.8, 4) is 5.88 Å². The number of rotatable bonds is 7. The highest BCUT2D eigenvalue weighted by Gasteiger charge is 2.07. The Hall–Kier alpha value is -1.36. The largest absolute Gasteiger partial charge is 0.481 e. The maximum atomic E-state index is 5.15. The molecule has 1 heterocycles. The smallest absolute Gasteiger partial charge is 0.228 e. The van der Waals surface area contributed by atoms with Crippen molar-refractivity contribution in [1.82, 2.24) is 15.3 Å². The fourth-order valence-corrected chi connectivity index (χ4v) is 1.54. The van der Waals surface area contributed by atoms with Crippen molar-refractivity contribution in [3.63, 3.8) is 0 Å². The van der Waals surface area contributed by atoms with Crippen LogP contribution in [-0.4, -0.2) is 43.8 Å². The third-order valence-electron chi connectivity index (χ3n) is 2.55. The van der Waals surface area contributed by atoms with Crippen LogP contribution in [0.5, 0.6) is 5.88 Å². The zero-order valence-electron chi connectivity index (χ0n) is 12.0. The first kappa shape index (κ1) is 14.7. The summed E-state index contributed by atoms with van der Waals surface area (Å²) >= 11 is 0. The molecule has 0 spiro atoms. The van der Waals surface area contributed by atoms with Crippen LogP contribution in [0.15, 0.2) is 6.07 Å². The summed E-state index contributed by atoms with van der Waals surface area (Å²) in [5.74, 6) is 1.99. The molecule has 0 bridgehead atoms. The van der Waals surface area contributed by atoms with Crippen LogP contribution in [0.1, 0.15) is 19.5 Å². The molecular weight excluding hydrogens is 228 g/mol. The summed E-state index contributed by atoms with van der Waals surface area (Å²) in [7, 11) is 3.61. The van der Waals surface area contributed by atoms with Gasteiger partial charge in [-0.15, -0.1) is 0 Å². The number of aromatic nitrogens is 2. The minimum absolute atomic E-state index is 0.611. The van der Waals surface area contributed by atoms with E-state index in [-0.39, 0.29) is 0 Å². The maximum absolute atomic E-state index is 5.15. The molecule has 0 radical (unpaired) electrons. The van der Waals surface area contributed by atoms with Crippen molar-refractivity contribution < 1.29 is 4.74 Å². The number of nitrogens with one attached hydrogen (secondary N) is 1. The first-order chi connectivity index (χ1) is 8.52. The Labute approximate surface area is 110 Å². The van der Waals surface area contributed by atoms with Crippen LogP contribution in [0.25, 0.3) is 0 Å². The fourth-order valence-electron chi connectivity index (χ4n) is 1.54. The number of hydrogen-bond acceptors (Lipinski definition) is 5. The summed E-state index contributed by atoms with van der Waals surface area (Å²) in [5, 5.41) is 3.40. The third kappa shape index (κ3) is 4.87. The van der Waals surface area contributed by atoms with Crippen molar-refractivity contribution >= 4 is 5.95 Å². The van der Waals surface area contributed by atoms with E-state index < -0.39 is 0 Å². The van der Waals surface area contributed by atoms with Crippen LogP contribution in [0.3, 0.4) is 0 Å². The second-order valence-corrected chi connectivity index (χ2v) is 4.87. The Kier molecular flexibility index (Phi) is 5.85. The van der Waals surface area contributed by atoms with Gasteiger partial charge in [0.05, 0.1) is 7.11 Å². The predicted octanol–water partition coefficient (Wildman–Crippen LogP) is 1.48. The molecule has 0 atom stereocenters. The SMILES string of the molecule is COc1cc(C)nc(N(C)CCNCC(C)C)n1. The molecular formula is C13H24N4O. The molecule has 0 aliphatic carbocycles. The predicted molar refractivity (Wildman–Crippen MR) is 74.3 cm³/mol. The standard InChI is InChI=1S/C13H24N4O/c1-10(2)9-14-6-7-17(4)13-15-11(3)8-12(16-13)18-5/h8,10,14H,6-7,9H2,1-5H3. The highest BCUT2D eigenvalue weighted by atomic mass is 16.5.